The van der Waals surface area contributed by atoms with E-state index >= 15 is 0 Å². The molecule has 0 rings (SSSR count). The van der Waals surface area contributed by atoms with Crippen molar-refractivity contribution in [2.24, 2.45) is 0 Å². The molecule has 0 heterocycles. The molecule has 0 fully saturated rings. The van der Waals surface area contributed by atoms with Crippen LogP contribution in [0.25, 0.3) is 0 Å². The van der Waals surface area contributed by atoms with Crippen molar-refractivity contribution in [1.29, 1.82) is 0 Å². The van der Waals surface area contributed by atoms with E-state index in [-0.39, 0.29) is 18.3 Å². The Bertz CT molecular complexity index is 164. The molecule has 0 saturated heterocycles. The summed E-state index contributed by atoms with van der Waals surface area (Å²) in [6.07, 6.45) is 0.0799. The highest BCUT2D eigenvalue weighted by molar-refractivity contribution is 7.63. The third-order valence-corrected chi connectivity index (χ3v) is 2.82. The zero-order valence-corrected chi connectivity index (χ0v) is 7.23. The molecule has 0 amide bonds. The molecule has 0 aromatic rings. The van der Waals surface area contributed by atoms with Crippen molar-refractivity contribution in [2.45, 2.75) is 13.3 Å². The van der Waals surface area contributed by atoms with Gasteiger partial charge >= 0.3 is 0 Å². The van der Waals surface area contributed by atoms with Gasteiger partial charge in [-0.05, 0) is 6.66 Å². The van der Waals surface area contributed by atoms with Gasteiger partial charge in [0.1, 0.15) is 12.9 Å². The van der Waals surface area contributed by atoms with Gasteiger partial charge in [-0.1, -0.05) is 6.92 Å². The normalized spacial score (nSPS) is 16.3. The fourth-order valence-corrected chi connectivity index (χ4v) is 1.60. The van der Waals surface area contributed by atoms with Crippen LogP contribution in [0.3, 0.4) is 0 Å². The lowest BCUT2D eigenvalue weighted by Crippen LogP contribution is -2.04. The van der Waals surface area contributed by atoms with Crippen LogP contribution in [0.4, 0.5) is 0 Å². The maximum absolute atomic E-state index is 11.1. The van der Waals surface area contributed by atoms with E-state index in [0.717, 1.165) is 0 Å². The van der Waals surface area contributed by atoms with Gasteiger partial charge in [0.2, 0.25) is 0 Å². The van der Waals surface area contributed by atoms with Crippen LogP contribution in [-0.4, -0.2) is 30.1 Å². The molecule has 0 bridgehead atoms. The first-order chi connectivity index (χ1) is 4.52. The number of rotatable bonds is 4. The molecule has 10 heavy (non-hydrogen) atoms. The third kappa shape index (κ3) is 3.80. The zero-order valence-electron chi connectivity index (χ0n) is 6.33. The maximum atomic E-state index is 11.1. The first kappa shape index (κ1) is 9.86. The molecule has 0 aromatic heterocycles. The second kappa shape index (κ2) is 3.89. The number of Topliss-reactive ketones (excluding diaryl/α,β-unsaturated/α-hetero) is 1. The predicted molar refractivity (Wildman–Crippen MR) is 40.8 cm³/mol. The molecule has 0 spiro atoms. The number of hydrogen-bond acceptors (Lipinski definition) is 3. The minimum atomic E-state index is -2.54. The second-order valence-corrected chi connectivity index (χ2v) is 5.68. The Morgan fingerprint density at radius 3 is 2.40 bits per heavy atom. The van der Waals surface area contributed by atoms with Crippen molar-refractivity contribution in [3.05, 3.63) is 0 Å². The smallest absolute Gasteiger partial charge is 0.139 e. The second-order valence-electron chi connectivity index (χ2n) is 2.49. The first-order valence-electron chi connectivity index (χ1n) is 3.20. The van der Waals surface area contributed by atoms with E-state index in [2.05, 4.69) is 0 Å². The number of aliphatic hydroxyl groups is 1. The number of carbonyl (C=O) groups excluding carboxylic acids is 1. The summed E-state index contributed by atoms with van der Waals surface area (Å²) in [4.78, 5) is 10.7. The molecule has 0 aliphatic heterocycles. The van der Waals surface area contributed by atoms with E-state index in [1.165, 1.54) is 6.66 Å². The quantitative estimate of drug-likeness (QED) is 0.628. The van der Waals surface area contributed by atoms with Gasteiger partial charge < -0.3 is 9.67 Å². The summed E-state index contributed by atoms with van der Waals surface area (Å²) in [6, 6.07) is 0. The molecule has 0 radical (unpaired) electrons. The average molecular weight is 164 g/mol. The predicted octanol–water partition coefficient (Wildman–Crippen LogP) is 0.908. The van der Waals surface area contributed by atoms with Gasteiger partial charge in [0.15, 0.2) is 0 Å². The van der Waals surface area contributed by atoms with Crippen molar-refractivity contribution in [3.63, 3.8) is 0 Å². The van der Waals surface area contributed by atoms with Gasteiger partial charge in [0.05, 0.1) is 12.5 Å². The Morgan fingerprint density at radius 1 is 1.60 bits per heavy atom. The molecule has 1 unspecified atom stereocenters. The minimum absolute atomic E-state index is 0.0417. The lowest BCUT2D eigenvalue weighted by Gasteiger charge is -2.05. The summed E-state index contributed by atoms with van der Waals surface area (Å²) >= 11 is 0. The summed E-state index contributed by atoms with van der Waals surface area (Å²) in [6.45, 7) is 3.17. The van der Waals surface area contributed by atoms with Crippen LogP contribution in [-0.2, 0) is 9.36 Å². The van der Waals surface area contributed by atoms with Gasteiger partial charge in [0, 0.05) is 6.42 Å². The molecular formula is C6H13O3P. The molecular weight excluding hydrogens is 151 g/mol. The van der Waals surface area contributed by atoms with E-state index in [1.807, 2.05) is 0 Å². The average Bonchev–Trinajstić information content (AvgIpc) is 1.87. The standard InChI is InChI=1S/C6H13O3P/c1-3-6(8)4-10(2,9)5-7/h7H,3-5H2,1-2H3. The summed E-state index contributed by atoms with van der Waals surface area (Å²) in [5.74, 6) is -0.0418. The highest BCUT2D eigenvalue weighted by Crippen LogP contribution is 2.39. The summed E-state index contributed by atoms with van der Waals surface area (Å²) < 4.78 is 11.1. The Morgan fingerprint density at radius 2 is 2.10 bits per heavy atom. The lowest BCUT2D eigenvalue weighted by atomic mass is 10.4. The number of ketones is 1. The number of hydrogen-bond donors (Lipinski definition) is 1. The van der Waals surface area contributed by atoms with E-state index in [4.69, 9.17) is 5.11 Å². The van der Waals surface area contributed by atoms with Crippen molar-refractivity contribution in [3.8, 4) is 0 Å². The molecule has 0 aliphatic rings. The Hall–Kier alpha value is -0.140. The molecule has 1 atom stereocenters. The highest BCUT2D eigenvalue weighted by Gasteiger charge is 2.16. The van der Waals surface area contributed by atoms with Crippen LogP contribution in [0.15, 0.2) is 0 Å². The van der Waals surface area contributed by atoms with E-state index in [1.54, 1.807) is 6.92 Å². The van der Waals surface area contributed by atoms with Gasteiger partial charge in [-0.15, -0.1) is 0 Å². The van der Waals surface area contributed by atoms with E-state index in [9.17, 15) is 9.36 Å². The van der Waals surface area contributed by atoms with Gasteiger partial charge in [-0.3, -0.25) is 4.79 Å². The van der Waals surface area contributed by atoms with Crippen molar-refractivity contribution >= 4 is 12.9 Å². The molecule has 60 valence electrons. The molecule has 0 aromatic carbocycles. The van der Waals surface area contributed by atoms with Gasteiger partial charge in [0.25, 0.3) is 0 Å². The Kier molecular flexibility index (Phi) is 3.84. The van der Waals surface area contributed by atoms with Gasteiger partial charge in [-0.25, -0.2) is 0 Å². The fraction of sp³-hybridized carbons (Fsp3) is 0.833. The largest absolute Gasteiger partial charge is 0.389 e. The zero-order chi connectivity index (χ0) is 8.20. The molecule has 3 nitrogen and oxygen atoms in total. The van der Waals surface area contributed by atoms with Crippen LogP contribution >= 0.6 is 7.14 Å². The minimum Gasteiger partial charge on any atom is -0.389 e. The number of aliphatic hydroxyl groups excluding tert-OH is 1. The Labute approximate surface area is 60.8 Å². The number of carbonyl (C=O) groups is 1. The Balaban J connectivity index is 3.89. The highest BCUT2D eigenvalue weighted by atomic mass is 31.2. The fourth-order valence-electron chi connectivity index (χ4n) is 0.535. The van der Waals surface area contributed by atoms with Crippen molar-refractivity contribution < 1.29 is 14.5 Å². The van der Waals surface area contributed by atoms with Crippen LogP contribution in [0.1, 0.15) is 13.3 Å². The molecule has 4 heteroatoms. The summed E-state index contributed by atoms with van der Waals surface area (Å²) in [5.41, 5.74) is 0. The van der Waals surface area contributed by atoms with Crippen LogP contribution < -0.4 is 0 Å². The third-order valence-electron chi connectivity index (χ3n) is 1.20. The summed E-state index contributed by atoms with van der Waals surface area (Å²) in [7, 11) is -2.54. The maximum Gasteiger partial charge on any atom is 0.139 e. The summed E-state index contributed by atoms with van der Waals surface area (Å²) in [5, 5.41) is 8.52. The molecule has 0 aliphatic carbocycles. The lowest BCUT2D eigenvalue weighted by molar-refractivity contribution is -0.116. The van der Waals surface area contributed by atoms with E-state index in [0.29, 0.717) is 6.42 Å². The first-order valence-corrected chi connectivity index (χ1v) is 5.72. The van der Waals surface area contributed by atoms with Crippen molar-refractivity contribution in [2.75, 3.05) is 19.2 Å². The van der Waals surface area contributed by atoms with Crippen LogP contribution in [0, 0.1) is 0 Å². The molecule has 1 N–H and O–H groups in total. The topological polar surface area (TPSA) is 54.4 Å². The van der Waals surface area contributed by atoms with Crippen LogP contribution in [0.5, 0.6) is 0 Å². The molecule has 0 saturated carbocycles. The SMILES string of the molecule is CCC(=O)CP(C)(=O)CO. The van der Waals surface area contributed by atoms with Crippen LogP contribution in [0.2, 0.25) is 0 Å². The monoisotopic (exact) mass is 164 g/mol. The van der Waals surface area contributed by atoms with E-state index < -0.39 is 7.14 Å². The van der Waals surface area contributed by atoms with Gasteiger partial charge in [-0.2, -0.15) is 0 Å². The van der Waals surface area contributed by atoms with Crippen molar-refractivity contribution in [1.82, 2.24) is 0 Å².